The third kappa shape index (κ3) is 2.69. The number of hydrogen-bond donors (Lipinski definition) is 2. The highest BCUT2D eigenvalue weighted by atomic mass is 35.5. The molecule has 1 aliphatic rings. The predicted octanol–water partition coefficient (Wildman–Crippen LogP) is -0.710. The molecule has 2 amide bonds. The van der Waals surface area contributed by atoms with E-state index in [4.69, 9.17) is 17.3 Å². The van der Waals surface area contributed by atoms with Gasteiger partial charge in [0, 0.05) is 30.5 Å². The average molecular weight is 265 g/mol. The monoisotopic (exact) mass is 264 g/mol. The molecular formula is C12H11ClN3O2. The highest BCUT2D eigenvalue weighted by Crippen LogP contribution is 2.17. The second-order valence-corrected chi connectivity index (χ2v) is 4.20. The molecule has 0 spiro atoms. The number of carbonyl (C=O) groups excluding carboxylic acids is 2. The van der Waals surface area contributed by atoms with Crippen LogP contribution in [0.1, 0.15) is 6.42 Å². The van der Waals surface area contributed by atoms with Gasteiger partial charge in [0.2, 0.25) is 5.91 Å². The lowest BCUT2D eigenvalue weighted by atomic mass is 10.1. The summed E-state index contributed by atoms with van der Waals surface area (Å²) in [6, 6.07) is 3.30. The van der Waals surface area contributed by atoms with Crippen LogP contribution in [0.4, 0.5) is 5.69 Å². The minimum Gasteiger partial charge on any atom is -0.330 e. The van der Waals surface area contributed by atoms with E-state index in [1.165, 1.54) is 12.3 Å². The lowest BCUT2D eigenvalue weighted by Crippen LogP contribution is -2.33. The summed E-state index contributed by atoms with van der Waals surface area (Å²) in [5.74, 6) is -0.542. The number of nitrogens with two attached hydrogens (primary N) is 1. The van der Waals surface area contributed by atoms with Crippen LogP contribution < -0.4 is 26.8 Å². The van der Waals surface area contributed by atoms with Crippen molar-refractivity contribution >= 4 is 41.4 Å². The minimum absolute atomic E-state index is 0.213. The van der Waals surface area contributed by atoms with Gasteiger partial charge in [0.15, 0.2) is 0 Å². The molecule has 1 aromatic rings. The van der Waals surface area contributed by atoms with Crippen molar-refractivity contribution in [3.8, 4) is 0 Å². The van der Waals surface area contributed by atoms with Crippen LogP contribution in [0.25, 0.3) is 12.3 Å². The number of rotatable bonds is 3. The van der Waals surface area contributed by atoms with Crippen LogP contribution in [0.3, 0.4) is 0 Å². The molecular weight excluding hydrogens is 254 g/mol. The zero-order valence-corrected chi connectivity index (χ0v) is 10.2. The second kappa shape index (κ2) is 5.20. The first-order chi connectivity index (χ1) is 8.60. The van der Waals surface area contributed by atoms with Gasteiger partial charge in [0.25, 0.3) is 5.91 Å². The minimum atomic E-state index is -0.330. The average Bonchev–Trinajstić information content (AvgIpc) is 2.31. The molecule has 5 nitrogen and oxygen atoms in total. The largest absolute Gasteiger partial charge is 0.330 e. The lowest BCUT2D eigenvalue weighted by Gasteiger charge is -2.08. The lowest BCUT2D eigenvalue weighted by molar-refractivity contribution is -0.116. The van der Waals surface area contributed by atoms with Crippen LogP contribution in [-0.4, -0.2) is 18.4 Å². The summed E-state index contributed by atoms with van der Waals surface area (Å²) >= 11 is 6.04. The number of nitrogens with zero attached hydrogens (tertiary/aromatic N) is 1. The van der Waals surface area contributed by atoms with Gasteiger partial charge in [0.05, 0.1) is 10.7 Å². The Balaban J connectivity index is 2.39. The predicted molar refractivity (Wildman–Crippen MR) is 69.1 cm³/mol. The molecule has 1 aliphatic heterocycles. The zero-order chi connectivity index (χ0) is 13.1. The van der Waals surface area contributed by atoms with E-state index >= 15 is 0 Å². The van der Waals surface area contributed by atoms with Crippen molar-refractivity contribution in [2.45, 2.75) is 6.42 Å². The van der Waals surface area contributed by atoms with E-state index in [1.807, 2.05) is 0 Å². The van der Waals surface area contributed by atoms with Crippen LogP contribution in [0, 0.1) is 0 Å². The Morgan fingerprint density at radius 3 is 2.89 bits per heavy atom. The third-order valence-corrected chi connectivity index (χ3v) is 2.74. The normalized spacial score (nSPS) is 12.9. The fraction of sp³-hybridized carbons (Fsp3) is 0.167. The van der Waals surface area contributed by atoms with Gasteiger partial charge in [0.1, 0.15) is 0 Å². The molecule has 0 bridgehead atoms. The summed E-state index contributed by atoms with van der Waals surface area (Å²) < 4.78 is 0. The van der Waals surface area contributed by atoms with Crippen molar-refractivity contribution < 1.29 is 9.59 Å². The quantitative estimate of drug-likeness (QED) is 0.756. The maximum absolute atomic E-state index is 11.4. The number of fused-ring (bicyclic) bond motifs is 1. The van der Waals surface area contributed by atoms with E-state index in [1.54, 1.807) is 12.1 Å². The van der Waals surface area contributed by atoms with E-state index in [0.29, 0.717) is 15.9 Å². The molecule has 0 atom stereocenters. The molecule has 18 heavy (non-hydrogen) atoms. The molecule has 3 N–H and O–H groups in total. The molecule has 0 aliphatic carbocycles. The third-order valence-electron chi connectivity index (χ3n) is 2.43. The molecule has 93 valence electrons. The van der Waals surface area contributed by atoms with Crippen LogP contribution >= 0.6 is 11.6 Å². The molecule has 1 heterocycles. The molecule has 2 rings (SSSR count). The number of nitrogens with one attached hydrogen (secondary N) is 1. The van der Waals surface area contributed by atoms with Gasteiger partial charge in [-0.3, -0.25) is 9.59 Å². The first kappa shape index (κ1) is 12.6. The molecule has 1 aromatic carbocycles. The Bertz CT molecular complexity index is 625. The maximum Gasteiger partial charge on any atom is 0.270 e. The van der Waals surface area contributed by atoms with E-state index in [-0.39, 0.29) is 24.8 Å². The van der Waals surface area contributed by atoms with Gasteiger partial charge in [-0.25, -0.2) is 5.32 Å². The Morgan fingerprint density at radius 1 is 1.39 bits per heavy atom. The number of anilines is 1. The number of carbonyl (C=O) groups is 2. The van der Waals surface area contributed by atoms with Crippen molar-refractivity contribution in [1.29, 1.82) is 0 Å². The summed E-state index contributed by atoms with van der Waals surface area (Å²) in [7, 11) is 0. The van der Waals surface area contributed by atoms with Gasteiger partial charge < -0.3 is 11.1 Å². The van der Waals surface area contributed by atoms with Gasteiger partial charge >= 0.3 is 0 Å². The summed E-state index contributed by atoms with van der Waals surface area (Å²) in [5.41, 5.74) is 5.75. The van der Waals surface area contributed by atoms with Crippen molar-refractivity contribution in [2.24, 2.45) is 5.73 Å². The Kier molecular flexibility index (Phi) is 3.64. The Labute approximate surface area is 108 Å². The SMILES string of the molecule is NCCC(=O)Nc1cc2c(cc1Cl)=C[N]C(=O)C=2. The van der Waals surface area contributed by atoms with E-state index in [9.17, 15) is 9.59 Å². The molecule has 0 unspecified atom stereocenters. The summed E-state index contributed by atoms with van der Waals surface area (Å²) in [6.45, 7) is 0.270. The zero-order valence-electron chi connectivity index (χ0n) is 9.44. The Morgan fingerprint density at radius 2 is 2.17 bits per heavy atom. The van der Waals surface area contributed by atoms with Crippen molar-refractivity contribution in [3.05, 3.63) is 27.6 Å². The van der Waals surface area contributed by atoms with E-state index in [0.717, 1.165) is 5.22 Å². The highest BCUT2D eigenvalue weighted by molar-refractivity contribution is 6.33. The summed E-state index contributed by atoms with van der Waals surface area (Å²) in [5, 5.41) is 8.13. The van der Waals surface area contributed by atoms with Crippen molar-refractivity contribution in [2.75, 3.05) is 11.9 Å². The standard InChI is InChI=1S/C12H11ClN3O2/c13-9-3-8-6-15-12(18)5-7(8)4-10(9)16-11(17)1-2-14/h3-6H,1-2,14H2,(H,16,17). The number of amides is 2. The molecule has 0 saturated heterocycles. The smallest absolute Gasteiger partial charge is 0.270 e. The molecule has 0 aromatic heterocycles. The Hall–Kier alpha value is -1.85. The van der Waals surface area contributed by atoms with Gasteiger partial charge in [-0.1, -0.05) is 11.6 Å². The van der Waals surface area contributed by atoms with E-state index < -0.39 is 0 Å². The molecule has 0 fully saturated rings. The molecule has 1 radical (unpaired) electrons. The van der Waals surface area contributed by atoms with Crippen LogP contribution in [-0.2, 0) is 9.59 Å². The second-order valence-electron chi connectivity index (χ2n) is 3.79. The molecule has 6 heteroatoms. The first-order valence-corrected chi connectivity index (χ1v) is 5.74. The molecule has 0 saturated carbocycles. The summed E-state index contributed by atoms with van der Waals surface area (Å²) in [6.07, 6.45) is 3.07. The van der Waals surface area contributed by atoms with Gasteiger partial charge in [-0.05, 0) is 17.4 Å². The van der Waals surface area contributed by atoms with Crippen LogP contribution in [0.2, 0.25) is 5.02 Å². The maximum atomic E-state index is 11.4. The van der Waals surface area contributed by atoms with E-state index in [2.05, 4.69) is 10.6 Å². The topological polar surface area (TPSA) is 86.3 Å². The van der Waals surface area contributed by atoms with Gasteiger partial charge in [-0.15, -0.1) is 0 Å². The summed E-state index contributed by atoms with van der Waals surface area (Å²) in [4.78, 5) is 22.6. The van der Waals surface area contributed by atoms with Gasteiger partial charge in [-0.2, -0.15) is 0 Å². The fourth-order valence-electron chi connectivity index (χ4n) is 1.59. The number of halogens is 1. The van der Waals surface area contributed by atoms with Crippen LogP contribution in [0.5, 0.6) is 0 Å². The fourth-order valence-corrected chi connectivity index (χ4v) is 1.80. The number of hydrogen-bond acceptors (Lipinski definition) is 3. The first-order valence-electron chi connectivity index (χ1n) is 5.36. The van der Waals surface area contributed by atoms with Crippen molar-refractivity contribution in [3.63, 3.8) is 0 Å². The number of benzene rings is 1. The van der Waals surface area contributed by atoms with Crippen molar-refractivity contribution in [1.82, 2.24) is 5.32 Å². The highest BCUT2D eigenvalue weighted by Gasteiger charge is 2.08. The van der Waals surface area contributed by atoms with Crippen LogP contribution in [0.15, 0.2) is 12.1 Å².